The number of carbonyl (C=O) groups is 1. The minimum atomic E-state index is -0.739. The standard InChI is InChI=1S/C17H24N2O4/c1-10(8-15(20)16-6-5-7-22-16)18-17(21)19-12(3)14-9-11(2)23-13(14)4/h5-7,9-10,12,15,20H,8H2,1-4H3,(H2,18,19,21)/t10-,12-,15+/m0/s1. The average molecular weight is 320 g/mol. The number of furan rings is 2. The van der Waals surface area contributed by atoms with Crippen LogP contribution in [0, 0.1) is 13.8 Å². The van der Waals surface area contributed by atoms with E-state index in [4.69, 9.17) is 8.83 Å². The van der Waals surface area contributed by atoms with E-state index >= 15 is 0 Å². The van der Waals surface area contributed by atoms with Crippen LogP contribution in [0.3, 0.4) is 0 Å². The molecule has 0 radical (unpaired) electrons. The van der Waals surface area contributed by atoms with Crippen LogP contribution < -0.4 is 10.6 Å². The highest BCUT2D eigenvalue weighted by molar-refractivity contribution is 5.74. The van der Waals surface area contributed by atoms with Crippen LogP contribution in [-0.4, -0.2) is 17.2 Å². The molecule has 2 aromatic heterocycles. The van der Waals surface area contributed by atoms with Crippen molar-refractivity contribution in [2.24, 2.45) is 0 Å². The molecule has 2 rings (SSSR count). The van der Waals surface area contributed by atoms with Gasteiger partial charge in [-0.15, -0.1) is 0 Å². The van der Waals surface area contributed by atoms with Gasteiger partial charge in [0.1, 0.15) is 23.4 Å². The molecule has 3 N–H and O–H groups in total. The van der Waals surface area contributed by atoms with Gasteiger partial charge < -0.3 is 24.6 Å². The molecule has 6 nitrogen and oxygen atoms in total. The summed E-state index contributed by atoms with van der Waals surface area (Å²) in [5, 5.41) is 15.7. The molecule has 0 spiro atoms. The summed E-state index contributed by atoms with van der Waals surface area (Å²) < 4.78 is 10.6. The van der Waals surface area contributed by atoms with Gasteiger partial charge in [-0.25, -0.2) is 4.79 Å². The lowest BCUT2D eigenvalue weighted by Gasteiger charge is -2.19. The Hall–Kier alpha value is -2.21. The van der Waals surface area contributed by atoms with Crippen molar-refractivity contribution in [2.45, 2.75) is 52.3 Å². The predicted octanol–water partition coefficient (Wildman–Crippen LogP) is 3.36. The molecule has 3 atom stereocenters. The van der Waals surface area contributed by atoms with Crippen molar-refractivity contribution in [1.29, 1.82) is 0 Å². The van der Waals surface area contributed by atoms with Gasteiger partial charge in [0, 0.05) is 18.0 Å². The van der Waals surface area contributed by atoms with Crippen LogP contribution in [-0.2, 0) is 0 Å². The number of hydrogen-bond donors (Lipinski definition) is 3. The van der Waals surface area contributed by atoms with Crippen LogP contribution in [0.15, 0.2) is 33.3 Å². The first-order valence-corrected chi connectivity index (χ1v) is 7.72. The summed E-state index contributed by atoms with van der Waals surface area (Å²) in [6, 6.07) is 4.72. The van der Waals surface area contributed by atoms with E-state index in [0.29, 0.717) is 12.2 Å². The number of aliphatic hydroxyl groups excluding tert-OH is 1. The van der Waals surface area contributed by atoms with Crippen LogP contribution in [0.5, 0.6) is 0 Å². The van der Waals surface area contributed by atoms with Gasteiger partial charge in [0.25, 0.3) is 0 Å². The summed E-state index contributed by atoms with van der Waals surface area (Å²) in [4.78, 5) is 12.1. The Labute approximate surface area is 135 Å². The van der Waals surface area contributed by atoms with E-state index in [1.54, 1.807) is 12.1 Å². The van der Waals surface area contributed by atoms with Crippen molar-refractivity contribution in [3.05, 3.63) is 47.3 Å². The molecule has 0 aliphatic rings. The highest BCUT2D eigenvalue weighted by atomic mass is 16.4. The van der Waals surface area contributed by atoms with E-state index in [0.717, 1.165) is 17.1 Å². The fourth-order valence-electron chi connectivity index (χ4n) is 2.61. The SMILES string of the molecule is Cc1cc([C@H](C)NC(=O)N[C@@H](C)C[C@@H](O)c2ccco2)c(C)o1. The number of aryl methyl sites for hydroxylation is 2. The van der Waals surface area contributed by atoms with Gasteiger partial charge in [0.2, 0.25) is 0 Å². The molecule has 0 fully saturated rings. The molecule has 0 aromatic carbocycles. The molecule has 23 heavy (non-hydrogen) atoms. The van der Waals surface area contributed by atoms with Crippen molar-refractivity contribution in [2.75, 3.05) is 0 Å². The molecule has 0 bridgehead atoms. The molecule has 2 amide bonds. The topological polar surface area (TPSA) is 87.6 Å². The number of nitrogens with one attached hydrogen (secondary N) is 2. The lowest BCUT2D eigenvalue weighted by atomic mass is 10.1. The van der Waals surface area contributed by atoms with E-state index in [9.17, 15) is 9.90 Å². The van der Waals surface area contributed by atoms with E-state index in [2.05, 4.69) is 10.6 Å². The Bertz CT molecular complexity index is 633. The molecular formula is C17H24N2O4. The summed E-state index contributed by atoms with van der Waals surface area (Å²) in [5.41, 5.74) is 0.959. The van der Waals surface area contributed by atoms with Crippen molar-refractivity contribution < 1.29 is 18.7 Å². The molecule has 0 aliphatic heterocycles. The molecule has 0 unspecified atom stereocenters. The lowest BCUT2D eigenvalue weighted by Crippen LogP contribution is -2.42. The maximum atomic E-state index is 12.1. The zero-order valence-electron chi connectivity index (χ0n) is 13.9. The van der Waals surface area contributed by atoms with Crippen LogP contribution in [0.25, 0.3) is 0 Å². The molecular weight excluding hydrogens is 296 g/mol. The molecule has 2 heterocycles. The maximum absolute atomic E-state index is 12.1. The molecule has 6 heteroatoms. The number of hydrogen-bond acceptors (Lipinski definition) is 4. The normalized spacial score (nSPS) is 15.0. The second kappa shape index (κ2) is 7.37. The fourth-order valence-corrected chi connectivity index (χ4v) is 2.61. The third kappa shape index (κ3) is 4.63. The summed E-state index contributed by atoms with van der Waals surface area (Å²) in [5.74, 6) is 2.12. The van der Waals surface area contributed by atoms with Crippen LogP contribution >= 0.6 is 0 Å². The smallest absolute Gasteiger partial charge is 0.315 e. The van der Waals surface area contributed by atoms with E-state index in [-0.39, 0.29) is 18.1 Å². The molecule has 0 saturated heterocycles. The molecule has 0 aliphatic carbocycles. The number of rotatable bonds is 6. The number of aliphatic hydroxyl groups is 1. The Morgan fingerprint density at radius 1 is 1.30 bits per heavy atom. The first-order chi connectivity index (χ1) is 10.9. The van der Waals surface area contributed by atoms with Gasteiger partial charge in [-0.2, -0.15) is 0 Å². The number of carbonyl (C=O) groups excluding carboxylic acids is 1. The van der Waals surface area contributed by atoms with Crippen LogP contribution in [0.4, 0.5) is 4.79 Å². The summed E-state index contributed by atoms with van der Waals surface area (Å²) >= 11 is 0. The van der Waals surface area contributed by atoms with Crippen molar-refractivity contribution in [3.63, 3.8) is 0 Å². The average Bonchev–Trinajstić information content (AvgIpc) is 3.07. The summed E-state index contributed by atoms with van der Waals surface area (Å²) in [7, 11) is 0. The summed E-state index contributed by atoms with van der Waals surface area (Å²) in [6.45, 7) is 7.49. The maximum Gasteiger partial charge on any atom is 0.315 e. The van der Waals surface area contributed by atoms with Crippen molar-refractivity contribution >= 4 is 6.03 Å². The Morgan fingerprint density at radius 3 is 2.61 bits per heavy atom. The van der Waals surface area contributed by atoms with Crippen LogP contribution in [0.1, 0.15) is 55.3 Å². The zero-order chi connectivity index (χ0) is 17.0. The first kappa shape index (κ1) is 17.1. The first-order valence-electron chi connectivity index (χ1n) is 7.72. The number of amides is 2. The highest BCUT2D eigenvalue weighted by Gasteiger charge is 2.19. The quantitative estimate of drug-likeness (QED) is 0.761. The summed E-state index contributed by atoms with van der Waals surface area (Å²) in [6.07, 6.45) is 1.15. The largest absolute Gasteiger partial charge is 0.467 e. The molecule has 2 aromatic rings. The van der Waals surface area contributed by atoms with Gasteiger partial charge in [-0.3, -0.25) is 0 Å². The highest BCUT2D eigenvalue weighted by Crippen LogP contribution is 2.21. The number of urea groups is 1. The second-order valence-electron chi connectivity index (χ2n) is 5.88. The lowest BCUT2D eigenvalue weighted by molar-refractivity contribution is 0.129. The van der Waals surface area contributed by atoms with Gasteiger partial charge in [0.15, 0.2) is 0 Å². The Kier molecular flexibility index (Phi) is 5.50. The van der Waals surface area contributed by atoms with Crippen molar-refractivity contribution in [3.8, 4) is 0 Å². The minimum absolute atomic E-state index is 0.158. The minimum Gasteiger partial charge on any atom is -0.467 e. The van der Waals surface area contributed by atoms with Gasteiger partial charge in [0.05, 0.1) is 12.3 Å². The zero-order valence-corrected chi connectivity index (χ0v) is 13.9. The van der Waals surface area contributed by atoms with E-state index in [1.165, 1.54) is 6.26 Å². The van der Waals surface area contributed by atoms with Crippen molar-refractivity contribution in [1.82, 2.24) is 10.6 Å². The van der Waals surface area contributed by atoms with Gasteiger partial charge in [-0.1, -0.05) is 0 Å². The monoisotopic (exact) mass is 320 g/mol. The molecule has 0 saturated carbocycles. The van der Waals surface area contributed by atoms with Gasteiger partial charge in [-0.05, 0) is 45.9 Å². The predicted molar refractivity (Wildman–Crippen MR) is 86.0 cm³/mol. The second-order valence-corrected chi connectivity index (χ2v) is 5.88. The van der Waals surface area contributed by atoms with Gasteiger partial charge >= 0.3 is 6.03 Å². The Balaban J connectivity index is 1.83. The third-order valence-electron chi connectivity index (χ3n) is 3.72. The van der Waals surface area contributed by atoms with E-state index < -0.39 is 6.10 Å². The fraction of sp³-hybridized carbons (Fsp3) is 0.471. The van der Waals surface area contributed by atoms with E-state index in [1.807, 2.05) is 33.8 Å². The third-order valence-corrected chi connectivity index (χ3v) is 3.72. The van der Waals surface area contributed by atoms with Crippen LogP contribution in [0.2, 0.25) is 0 Å². The Morgan fingerprint density at radius 2 is 2.04 bits per heavy atom. The molecule has 126 valence electrons.